The maximum absolute atomic E-state index is 13.4. The Morgan fingerprint density at radius 1 is 0.943 bits per heavy atom. The Morgan fingerprint density at radius 2 is 1.66 bits per heavy atom. The van der Waals surface area contributed by atoms with Crippen LogP contribution in [0.15, 0.2) is 42.0 Å². The number of carbonyl (C=O) groups excluding carboxylic acids is 3. The number of aryl methyl sites for hydroxylation is 3. The van der Waals surface area contributed by atoms with E-state index >= 15 is 0 Å². The van der Waals surface area contributed by atoms with Crippen LogP contribution in [0.3, 0.4) is 0 Å². The first-order valence-corrected chi connectivity index (χ1v) is 12.1. The molecule has 1 fully saturated rings. The smallest absolute Gasteiger partial charge is 0.335 e. The molecule has 35 heavy (non-hydrogen) atoms. The highest BCUT2D eigenvalue weighted by Crippen LogP contribution is 2.41. The summed E-state index contributed by atoms with van der Waals surface area (Å²) in [6.45, 7) is 15.5. The molecule has 2 aromatic carbocycles. The number of anilines is 2. The number of benzene rings is 2. The molecule has 0 aliphatic carbocycles. The number of imide groups is 2. The number of hydrogen-bond acceptors (Lipinski definition) is 4. The number of amides is 4. The minimum atomic E-state index is -0.737. The van der Waals surface area contributed by atoms with Crippen LogP contribution >= 0.6 is 0 Å². The van der Waals surface area contributed by atoms with Gasteiger partial charge in [0.2, 0.25) is 0 Å². The second-order valence-corrected chi connectivity index (χ2v) is 10.1. The zero-order chi connectivity index (χ0) is 25.7. The molecule has 2 aliphatic rings. The number of carbonyl (C=O) groups is 3. The SMILES string of the molecule is CCCN1c2cc(C)c(/C=C3/C(=O)NC(=O)N(c4ccc(C)c(C)c4)C3=O)cc2C(C)=CC1(C)C. The molecule has 4 rings (SSSR count). The van der Waals surface area contributed by atoms with Crippen molar-refractivity contribution in [2.24, 2.45) is 0 Å². The highest BCUT2D eigenvalue weighted by Gasteiger charge is 2.37. The standard InChI is InChI=1S/C29H33N3O3/c1-8-11-31-25-13-19(4)21(14-23(25)20(5)16-29(31,6)7)15-24-26(33)30-28(35)32(27(24)34)22-10-9-17(2)18(3)12-22/h9-10,12-16H,8,11H2,1-7H3,(H,30,33,35)/b24-15-. The molecule has 0 radical (unpaired) electrons. The number of urea groups is 1. The van der Waals surface area contributed by atoms with Gasteiger partial charge >= 0.3 is 6.03 Å². The summed E-state index contributed by atoms with van der Waals surface area (Å²) in [5, 5.41) is 2.33. The lowest BCUT2D eigenvalue weighted by molar-refractivity contribution is -0.122. The van der Waals surface area contributed by atoms with Gasteiger partial charge in [0.05, 0.1) is 11.2 Å². The third kappa shape index (κ3) is 4.29. The average Bonchev–Trinajstić information content (AvgIpc) is 2.76. The van der Waals surface area contributed by atoms with Crippen molar-refractivity contribution in [3.63, 3.8) is 0 Å². The number of rotatable bonds is 4. The Morgan fingerprint density at radius 3 is 2.31 bits per heavy atom. The van der Waals surface area contributed by atoms with Crippen LogP contribution in [0.5, 0.6) is 0 Å². The van der Waals surface area contributed by atoms with Crippen LogP contribution < -0.4 is 15.1 Å². The van der Waals surface area contributed by atoms with Crippen molar-refractivity contribution in [1.29, 1.82) is 0 Å². The van der Waals surface area contributed by atoms with E-state index in [-0.39, 0.29) is 11.1 Å². The number of fused-ring (bicyclic) bond motifs is 1. The normalized spacial score (nSPS) is 18.5. The van der Waals surface area contributed by atoms with Gasteiger partial charge in [0.25, 0.3) is 11.8 Å². The Kier molecular flexibility index (Phi) is 6.18. The number of allylic oxidation sites excluding steroid dienone is 1. The summed E-state index contributed by atoms with van der Waals surface area (Å²) in [6.07, 6.45) is 4.89. The minimum absolute atomic E-state index is 0.0611. The van der Waals surface area contributed by atoms with Gasteiger partial charge in [-0.25, -0.2) is 9.69 Å². The second-order valence-electron chi connectivity index (χ2n) is 10.1. The first-order valence-electron chi connectivity index (χ1n) is 12.1. The topological polar surface area (TPSA) is 69.7 Å². The van der Waals surface area contributed by atoms with E-state index in [0.717, 1.165) is 56.9 Å². The maximum Gasteiger partial charge on any atom is 0.335 e. The van der Waals surface area contributed by atoms with E-state index in [0.29, 0.717) is 5.69 Å². The van der Waals surface area contributed by atoms with Crippen LogP contribution in [0.25, 0.3) is 11.6 Å². The molecule has 2 heterocycles. The van der Waals surface area contributed by atoms with Gasteiger partial charge in [-0.05, 0) is 106 Å². The van der Waals surface area contributed by atoms with Crippen LogP contribution in [0.2, 0.25) is 0 Å². The molecular weight excluding hydrogens is 438 g/mol. The molecule has 0 spiro atoms. The molecule has 4 amide bonds. The molecule has 0 saturated carbocycles. The third-order valence-corrected chi connectivity index (χ3v) is 6.96. The zero-order valence-electron chi connectivity index (χ0n) is 21.6. The summed E-state index contributed by atoms with van der Waals surface area (Å²) in [6, 6.07) is 8.79. The van der Waals surface area contributed by atoms with Gasteiger partial charge < -0.3 is 4.90 Å². The summed E-state index contributed by atoms with van der Waals surface area (Å²) < 4.78 is 0. The maximum atomic E-state index is 13.4. The zero-order valence-corrected chi connectivity index (χ0v) is 21.6. The van der Waals surface area contributed by atoms with E-state index in [1.165, 1.54) is 0 Å². The van der Waals surface area contributed by atoms with Gasteiger partial charge in [-0.15, -0.1) is 0 Å². The van der Waals surface area contributed by atoms with Crippen molar-refractivity contribution < 1.29 is 14.4 Å². The summed E-state index contributed by atoms with van der Waals surface area (Å²) in [7, 11) is 0. The van der Waals surface area contributed by atoms with Gasteiger partial charge in [-0.1, -0.05) is 19.1 Å². The molecule has 2 aromatic rings. The van der Waals surface area contributed by atoms with E-state index in [1.54, 1.807) is 18.2 Å². The fraction of sp³-hybridized carbons (Fsp3) is 0.345. The van der Waals surface area contributed by atoms with Crippen LogP contribution in [-0.4, -0.2) is 29.9 Å². The predicted molar refractivity (Wildman–Crippen MR) is 141 cm³/mol. The lowest BCUT2D eigenvalue weighted by Gasteiger charge is -2.43. The highest BCUT2D eigenvalue weighted by molar-refractivity contribution is 6.39. The molecule has 1 N–H and O–H groups in total. The van der Waals surface area contributed by atoms with Crippen LogP contribution in [0.4, 0.5) is 16.2 Å². The monoisotopic (exact) mass is 471 g/mol. The Hall–Kier alpha value is -3.67. The largest absolute Gasteiger partial charge is 0.362 e. The molecule has 2 aliphatic heterocycles. The summed E-state index contributed by atoms with van der Waals surface area (Å²) in [4.78, 5) is 42.2. The van der Waals surface area contributed by atoms with E-state index in [9.17, 15) is 14.4 Å². The predicted octanol–water partition coefficient (Wildman–Crippen LogP) is 5.69. The molecular formula is C29H33N3O3. The molecule has 182 valence electrons. The lowest BCUT2D eigenvalue weighted by atomic mass is 9.86. The average molecular weight is 472 g/mol. The summed E-state index contributed by atoms with van der Waals surface area (Å²) in [5.74, 6) is -1.31. The molecule has 0 aromatic heterocycles. The van der Waals surface area contributed by atoms with Crippen molar-refractivity contribution in [3.8, 4) is 0 Å². The van der Waals surface area contributed by atoms with E-state index in [4.69, 9.17) is 0 Å². The van der Waals surface area contributed by atoms with Crippen molar-refractivity contribution in [3.05, 3.63) is 69.8 Å². The van der Waals surface area contributed by atoms with Gasteiger partial charge in [-0.2, -0.15) is 0 Å². The van der Waals surface area contributed by atoms with Gasteiger partial charge in [0.15, 0.2) is 0 Å². The highest BCUT2D eigenvalue weighted by atomic mass is 16.2. The van der Waals surface area contributed by atoms with Crippen molar-refractivity contribution in [1.82, 2.24) is 5.32 Å². The van der Waals surface area contributed by atoms with Crippen LogP contribution in [0, 0.1) is 20.8 Å². The van der Waals surface area contributed by atoms with Gasteiger partial charge in [0, 0.05) is 17.8 Å². The molecule has 1 saturated heterocycles. The fourth-order valence-corrected chi connectivity index (χ4v) is 4.94. The molecule has 6 heteroatoms. The second kappa shape index (κ2) is 8.84. The molecule has 0 atom stereocenters. The number of nitrogens with zero attached hydrogens (tertiary/aromatic N) is 2. The summed E-state index contributed by atoms with van der Waals surface area (Å²) >= 11 is 0. The van der Waals surface area contributed by atoms with Gasteiger partial charge in [0.1, 0.15) is 5.57 Å². The fourth-order valence-electron chi connectivity index (χ4n) is 4.94. The lowest BCUT2D eigenvalue weighted by Crippen LogP contribution is -2.54. The summed E-state index contributed by atoms with van der Waals surface area (Å²) in [5.41, 5.74) is 7.41. The number of hydrogen-bond donors (Lipinski definition) is 1. The van der Waals surface area contributed by atoms with Crippen molar-refractivity contribution >= 4 is 40.9 Å². The van der Waals surface area contributed by atoms with Crippen molar-refractivity contribution in [2.45, 2.75) is 60.4 Å². The third-order valence-electron chi connectivity index (χ3n) is 6.96. The number of barbiturate groups is 1. The van der Waals surface area contributed by atoms with E-state index in [1.807, 2.05) is 32.9 Å². The Labute approximate surface area is 207 Å². The first kappa shape index (κ1) is 24.5. The number of nitrogens with one attached hydrogen (secondary N) is 1. The van der Waals surface area contributed by atoms with Crippen LogP contribution in [-0.2, 0) is 9.59 Å². The van der Waals surface area contributed by atoms with Gasteiger partial charge in [-0.3, -0.25) is 14.9 Å². The molecule has 0 unspecified atom stereocenters. The minimum Gasteiger partial charge on any atom is -0.362 e. The van der Waals surface area contributed by atoms with E-state index in [2.05, 4.69) is 50.1 Å². The van der Waals surface area contributed by atoms with Crippen molar-refractivity contribution in [2.75, 3.05) is 16.3 Å². The molecule has 6 nitrogen and oxygen atoms in total. The quantitative estimate of drug-likeness (QED) is 0.459. The van der Waals surface area contributed by atoms with Crippen LogP contribution in [0.1, 0.15) is 61.9 Å². The Bertz CT molecular complexity index is 1320. The van der Waals surface area contributed by atoms with E-state index < -0.39 is 17.8 Å². The molecule has 0 bridgehead atoms. The Balaban J connectivity index is 1.79. The first-order chi connectivity index (χ1) is 16.4.